The highest BCUT2D eigenvalue weighted by atomic mass is 32.2. The first-order valence-corrected chi connectivity index (χ1v) is 9.11. The number of sulfone groups is 1. The molecule has 2 atom stereocenters. The molecule has 1 aliphatic heterocycles. The minimum atomic E-state index is -4.46. The van der Waals surface area contributed by atoms with E-state index < -0.39 is 21.3 Å². The van der Waals surface area contributed by atoms with Crippen LogP contribution in [0.15, 0.2) is 24.3 Å². The quantitative estimate of drug-likeness (QED) is 0.848. The van der Waals surface area contributed by atoms with Crippen molar-refractivity contribution in [2.75, 3.05) is 13.1 Å². The van der Waals surface area contributed by atoms with Crippen molar-refractivity contribution < 1.29 is 22.0 Å². The van der Waals surface area contributed by atoms with E-state index >= 15 is 0 Å². The Labute approximate surface area is 134 Å². The van der Waals surface area contributed by atoms with E-state index in [-0.39, 0.29) is 17.5 Å². The van der Waals surface area contributed by atoms with Gasteiger partial charge in [-0.3, -0.25) is 4.79 Å². The van der Waals surface area contributed by atoms with Gasteiger partial charge in [0.15, 0.2) is 0 Å². The van der Waals surface area contributed by atoms with Crippen LogP contribution < -0.4 is 10.6 Å². The van der Waals surface area contributed by atoms with E-state index in [1.54, 1.807) is 0 Å². The summed E-state index contributed by atoms with van der Waals surface area (Å²) in [6.45, 7) is 3.71. The molecule has 0 bridgehead atoms. The average molecular weight is 346 g/mol. The zero-order valence-electron chi connectivity index (χ0n) is 12.8. The second-order valence-corrected chi connectivity index (χ2v) is 7.79. The lowest BCUT2D eigenvalue weighted by Crippen LogP contribution is -2.50. The minimum Gasteiger partial charge on any atom is -0.348 e. The molecule has 1 amide bonds. The molecule has 0 spiro atoms. The number of halogens is 2. The fourth-order valence-corrected chi connectivity index (χ4v) is 3.27. The number of amides is 1. The van der Waals surface area contributed by atoms with E-state index in [2.05, 4.69) is 17.6 Å². The van der Waals surface area contributed by atoms with Gasteiger partial charge in [0.2, 0.25) is 9.84 Å². The van der Waals surface area contributed by atoms with Crippen LogP contribution in [-0.4, -0.2) is 39.2 Å². The molecule has 1 aromatic rings. The summed E-state index contributed by atoms with van der Waals surface area (Å²) < 4.78 is 47.1. The Balaban J connectivity index is 2.00. The predicted octanol–water partition coefficient (Wildman–Crippen LogP) is 1.55. The molecule has 2 N–H and O–H groups in total. The summed E-state index contributed by atoms with van der Waals surface area (Å²) in [5.74, 6) is -4.02. The number of nitrogens with one attached hydrogen (secondary N) is 2. The standard InChI is InChI=1S/C15H20F2N2O3S/c1-10-6-7-18-8-13(10)19-14(20)12-4-2-11(3-5-12)9-23(21,22)15(16)17/h2-5,10,13,15,18H,6-9H2,1H3,(H,19,20). The number of carbonyl (C=O) groups is 1. The third kappa shape index (κ3) is 4.71. The van der Waals surface area contributed by atoms with Crippen molar-refractivity contribution in [3.63, 3.8) is 0 Å². The molecule has 23 heavy (non-hydrogen) atoms. The molecule has 2 rings (SSSR count). The van der Waals surface area contributed by atoms with E-state index in [4.69, 9.17) is 0 Å². The summed E-state index contributed by atoms with van der Waals surface area (Å²) in [6, 6.07) is 5.71. The van der Waals surface area contributed by atoms with Crippen molar-refractivity contribution in [1.29, 1.82) is 0 Å². The van der Waals surface area contributed by atoms with Gasteiger partial charge in [0, 0.05) is 18.2 Å². The Bertz CT molecular complexity index is 647. The predicted molar refractivity (Wildman–Crippen MR) is 83.0 cm³/mol. The van der Waals surface area contributed by atoms with Crippen molar-refractivity contribution in [3.05, 3.63) is 35.4 Å². The number of alkyl halides is 2. The first-order chi connectivity index (χ1) is 10.8. The Kier molecular flexibility index (Phi) is 5.69. The summed E-state index contributed by atoms with van der Waals surface area (Å²) in [6.07, 6.45) is 0.982. The summed E-state index contributed by atoms with van der Waals surface area (Å²) in [5, 5.41) is 6.15. The highest BCUT2D eigenvalue weighted by molar-refractivity contribution is 7.90. The van der Waals surface area contributed by atoms with E-state index in [1.165, 1.54) is 24.3 Å². The molecule has 1 heterocycles. The average Bonchev–Trinajstić information content (AvgIpc) is 2.49. The monoisotopic (exact) mass is 346 g/mol. The number of rotatable bonds is 5. The van der Waals surface area contributed by atoms with Crippen molar-refractivity contribution in [1.82, 2.24) is 10.6 Å². The Morgan fingerprint density at radius 1 is 1.35 bits per heavy atom. The van der Waals surface area contributed by atoms with Crippen LogP contribution in [0.3, 0.4) is 0 Å². The zero-order chi connectivity index (χ0) is 17.0. The van der Waals surface area contributed by atoms with Gasteiger partial charge in [0.1, 0.15) is 0 Å². The Morgan fingerprint density at radius 3 is 2.57 bits per heavy atom. The minimum absolute atomic E-state index is 0.0372. The normalized spacial score (nSPS) is 22.1. The third-order valence-corrected chi connectivity index (χ3v) is 5.28. The van der Waals surface area contributed by atoms with E-state index in [9.17, 15) is 22.0 Å². The summed E-state index contributed by atoms with van der Waals surface area (Å²) in [7, 11) is -4.46. The smallest absolute Gasteiger partial charge is 0.337 e. The van der Waals surface area contributed by atoms with Gasteiger partial charge in [0.25, 0.3) is 5.91 Å². The lowest BCUT2D eigenvalue weighted by atomic mass is 9.94. The molecule has 128 valence electrons. The van der Waals surface area contributed by atoms with Gasteiger partial charge in [-0.05, 0) is 36.6 Å². The van der Waals surface area contributed by atoms with Crippen LogP contribution >= 0.6 is 0 Å². The topological polar surface area (TPSA) is 75.3 Å². The SMILES string of the molecule is CC1CCNCC1NC(=O)c1ccc(CS(=O)(=O)C(F)F)cc1. The van der Waals surface area contributed by atoms with Gasteiger partial charge < -0.3 is 10.6 Å². The van der Waals surface area contributed by atoms with E-state index in [0.717, 1.165) is 13.0 Å². The highest BCUT2D eigenvalue weighted by Gasteiger charge is 2.25. The van der Waals surface area contributed by atoms with Gasteiger partial charge in [-0.15, -0.1) is 0 Å². The Hall–Kier alpha value is -1.54. The summed E-state index contributed by atoms with van der Waals surface area (Å²) >= 11 is 0. The molecule has 8 heteroatoms. The third-order valence-electron chi connectivity index (χ3n) is 4.00. The number of carbonyl (C=O) groups excluding carboxylic acids is 1. The maximum absolute atomic E-state index is 12.3. The number of benzene rings is 1. The van der Waals surface area contributed by atoms with Crippen LogP contribution in [0, 0.1) is 5.92 Å². The molecule has 1 aromatic carbocycles. The zero-order valence-corrected chi connectivity index (χ0v) is 13.6. The van der Waals surface area contributed by atoms with E-state index in [1.807, 2.05) is 0 Å². The van der Waals surface area contributed by atoms with E-state index in [0.29, 0.717) is 18.0 Å². The lowest BCUT2D eigenvalue weighted by Gasteiger charge is -2.30. The van der Waals surface area contributed by atoms with Crippen LogP contribution in [0.5, 0.6) is 0 Å². The van der Waals surface area contributed by atoms with Crippen molar-refractivity contribution in [3.8, 4) is 0 Å². The largest absolute Gasteiger partial charge is 0.348 e. The first-order valence-electron chi connectivity index (χ1n) is 7.40. The Morgan fingerprint density at radius 2 is 2.00 bits per heavy atom. The molecule has 1 aliphatic rings. The molecule has 2 unspecified atom stereocenters. The fraction of sp³-hybridized carbons (Fsp3) is 0.533. The summed E-state index contributed by atoms with van der Waals surface area (Å²) in [4.78, 5) is 12.2. The lowest BCUT2D eigenvalue weighted by molar-refractivity contribution is 0.0915. The van der Waals surface area contributed by atoms with Crippen LogP contribution in [-0.2, 0) is 15.6 Å². The molecule has 5 nitrogen and oxygen atoms in total. The molecular weight excluding hydrogens is 326 g/mol. The number of hydrogen-bond donors (Lipinski definition) is 2. The molecule has 1 fully saturated rings. The van der Waals surface area contributed by atoms with Crippen molar-refractivity contribution in [2.45, 2.75) is 30.9 Å². The first kappa shape index (κ1) is 17.8. The molecule has 1 saturated heterocycles. The van der Waals surface area contributed by atoms with Crippen LogP contribution in [0.25, 0.3) is 0 Å². The molecular formula is C15H20F2N2O3S. The van der Waals surface area contributed by atoms with Gasteiger partial charge >= 0.3 is 5.76 Å². The van der Waals surface area contributed by atoms with Crippen molar-refractivity contribution in [2.24, 2.45) is 5.92 Å². The van der Waals surface area contributed by atoms with Crippen LogP contribution in [0.2, 0.25) is 0 Å². The van der Waals surface area contributed by atoms with Gasteiger partial charge in [-0.2, -0.15) is 8.78 Å². The second-order valence-electron chi connectivity index (χ2n) is 5.81. The molecule has 0 radical (unpaired) electrons. The summed E-state index contributed by atoms with van der Waals surface area (Å²) in [5.41, 5.74) is 0.607. The van der Waals surface area contributed by atoms with Crippen LogP contribution in [0.4, 0.5) is 8.78 Å². The van der Waals surface area contributed by atoms with Crippen molar-refractivity contribution >= 4 is 15.7 Å². The maximum atomic E-state index is 12.3. The number of hydrogen-bond acceptors (Lipinski definition) is 4. The maximum Gasteiger partial charge on any atom is 0.337 e. The highest BCUT2D eigenvalue weighted by Crippen LogP contribution is 2.15. The van der Waals surface area contributed by atoms with Gasteiger partial charge in [-0.25, -0.2) is 8.42 Å². The molecule has 0 aromatic heterocycles. The molecule has 0 saturated carbocycles. The fourth-order valence-electron chi connectivity index (χ4n) is 2.48. The van der Waals surface area contributed by atoms with Gasteiger partial charge in [0.05, 0.1) is 5.75 Å². The molecule has 0 aliphatic carbocycles. The van der Waals surface area contributed by atoms with Gasteiger partial charge in [-0.1, -0.05) is 19.1 Å². The van der Waals surface area contributed by atoms with Crippen LogP contribution in [0.1, 0.15) is 29.3 Å². The second kappa shape index (κ2) is 7.35. The number of piperidine rings is 1.